The van der Waals surface area contributed by atoms with E-state index in [0.29, 0.717) is 25.7 Å². The maximum atomic E-state index is 12.3. The number of aryl methyl sites for hydroxylation is 1. The largest absolute Gasteiger partial charge is 0.488 e. The Morgan fingerprint density at radius 1 is 1.16 bits per heavy atom. The first-order valence-corrected chi connectivity index (χ1v) is 11.7. The average Bonchev–Trinajstić information content (AvgIpc) is 2.71. The molecule has 1 heterocycles. The van der Waals surface area contributed by atoms with E-state index in [1.54, 1.807) is 4.90 Å². The van der Waals surface area contributed by atoms with Crippen LogP contribution in [-0.2, 0) is 17.9 Å². The monoisotopic (exact) mass is 488 g/mol. The highest BCUT2D eigenvalue weighted by atomic mass is 79.9. The highest BCUT2D eigenvalue weighted by Crippen LogP contribution is 2.29. The van der Waals surface area contributed by atoms with Gasteiger partial charge in [-0.15, -0.1) is 0 Å². The van der Waals surface area contributed by atoms with Crippen molar-refractivity contribution in [1.82, 2.24) is 10.2 Å². The van der Waals surface area contributed by atoms with Crippen molar-refractivity contribution in [2.45, 2.75) is 65.3 Å². The van der Waals surface area contributed by atoms with Gasteiger partial charge < -0.3 is 19.7 Å². The van der Waals surface area contributed by atoms with E-state index < -0.39 is 5.60 Å². The van der Waals surface area contributed by atoms with Crippen molar-refractivity contribution in [3.63, 3.8) is 0 Å². The van der Waals surface area contributed by atoms with Gasteiger partial charge in [0.2, 0.25) is 0 Å². The zero-order valence-electron chi connectivity index (χ0n) is 18.9. The summed E-state index contributed by atoms with van der Waals surface area (Å²) < 4.78 is 12.8. The SMILES string of the molecule is Cc1cc(Br)cc(CNC2CCN(C(=O)OC(C)(C)C)CC2)c1OCc1ccccc1. The van der Waals surface area contributed by atoms with E-state index in [2.05, 4.69) is 52.4 Å². The number of carbonyl (C=O) groups is 1. The average molecular weight is 489 g/mol. The number of nitrogens with one attached hydrogen (secondary N) is 1. The predicted molar refractivity (Wildman–Crippen MR) is 127 cm³/mol. The molecule has 31 heavy (non-hydrogen) atoms. The Balaban J connectivity index is 1.56. The number of hydrogen-bond acceptors (Lipinski definition) is 4. The first-order valence-electron chi connectivity index (χ1n) is 10.9. The minimum Gasteiger partial charge on any atom is -0.488 e. The fourth-order valence-electron chi connectivity index (χ4n) is 3.71. The summed E-state index contributed by atoms with van der Waals surface area (Å²) in [6.45, 7) is 10.5. The summed E-state index contributed by atoms with van der Waals surface area (Å²) in [4.78, 5) is 14.1. The van der Waals surface area contributed by atoms with Crippen molar-refractivity contribution in [3.05, 3.63) is 63.6 Å². The molecule has 1 saturated heterocycles. The number of likely N-dealkylation sites (tertiary alicyclic amines) is 1. The summed E-state index contributed by atoms with van der Waals surface area (Å²) in [5, 5.41) is 3.66. The molecule has 0 spiro atoms. The molecule has 6 heteroatoms. The number of piperidine rings is 1. The van der Waals surface area contributed by atoms with Gasteiger partial charge in [-0.3, -0.25) is 0 Å². The van der Waals surface area contributed by atoms with E-state index in [9.17, 15) is 4.79 Å². The van der Waals surface area contributed by atoms with Crippen LogP contribution in [0.2, 0.25) is 0 Å². The third-order valence-corrected chi connectivity index (χ3v) is 5.73. The first kappa shape index (κ1) is 23.6. The van der Waals surface area contributed by atoms with Gasteiger partial charge in [0.25, 0.3) is 0 Å². The number of halogens is 1. The lowest BCUT2D eigenvalue weighted by atomic mass is 10.0. The van der Waals surface area contributed by atoms with Crippen LogP contribution < -0.4 is 10.1 Å². The summed E-state index contributed by atoms with van der Waals surface area (Å²) in [5.41, 5.74) is 2.94. The van der Waals surface area contributed by atoms with Crippen molar-refractivity contribution in [2.75, 3.05) is 13.1 Å². The molecule has 0 aliphatic carbocycles. The molecule has 0 atom stereocenters. The third kappa shape index (κ3) is 7.25. The van der Waals surface area contributed by atoms with Gasteiger partial charge in [0.15, 0.2) is 0 Å². The van der Waals surface area contributed by atoms with Crippen LogP contribution in [0.5, 0.6) is 5.75 Å². The van der Waals surface area contributed by atoms with Gasteiger partial charge in [0, 0.05) is 35.7 Å². The predicted octanol–water partition coefficient (Wildman–Crippen LogP) is 5.83. The standard InChI is InChI=1S/C25H33BrN2O3/c1-18-14-21(26)15-20(23(18)30-17-19-8-6-5-7-9-19)16-27-22-10-12-28(13-11-22)24(29)31-25(2,3)4/h5-9,14-15,22,27H,10-13,16-17H2,1-4H3. The number of rotatable bonds is 6. The topological polar surface area (TPSA) is 50.8 Å². The molecule has 2 aromatic rings. The fraction of sp³-hybridized carbons (Fsp3) is 0.480. The zero-order valence-corrected chi connectivity index (χ0v) is 20.5. The Morgan fingerprint density at radius 2 is 1.84 bits per heavy atom. The molecule has 5 nitrogen and oxygen atoms in total. The van der Waals surface area contributed by atoms with Crippen LogP contribution in [-0.4, -0.2) is 35.7 Å². The molecule has 168 valence electrons. The highest BCUT2D eigenvalue weighted by molar-refractivity contribution is 9.10. The number of carbonyl (C=O) groups excluding carboxylic acids is 1. The molecule has 0 bridgehead atoms. The smallest absolute Gasteiger partial charge is 0.410 e. The van der Waals surface area contributed by atoms with E-state index in [1.165, 1.54) is 0 Å². The maximum Gasteiger partial charge on any atom is 0.410 e. The molecule has 1 amide bonds. The van der Waals surface area contributed by atoms with E-state index in [0.717, 1.165) is 46.3 Å². The number of ether oxygens (including phenoxy) is 2. The lowest BCUT2D eigenvalue weighted by Gasteiger charge is -2.34. The molecule has 3 rings (SSSR count). The van der Waals surface area contributed by atoms with Crippen LogP contribution in [0.3, 0.4) is 0 Å². The minimum atomic E-state index is -0.457. The Labute approximate surface area is 194 Å². The Kier molecular flexibility index (Phi) is 8.00. The molecule has 1 fully saturated rings. The van der Waals surface area contributed by atoms with Gasteiger partial charge in [-0.25, -0.2) is 4.79 Å². The lowest BCUT2D eigenvalue weighted by Crippen LogP contribution is -2.46. The molecule has 0 radical (unpaired) electrons. The molecule has 1 aliphatic heterocycles. The summed E-state index contributed by atoms with van der Waals surface area (Å²) in [7, 11) is 0. The summed E-state index contributed by atoms with van der Waals surface area (Å²) in [6.07, 6.45) is 1.60. The number of benzene rings is 2. The van der Waals surface area contributed by atoms with Gasteiger partial charge in [-0.05, 0) is 63.8 Å². The third-order valence-electron chi connectivity index (χ3n) is 5.27. The second-order valence-electron chi connectivity index (χ2n) is 9.11. The van der Waals surface area contributed by atoms with E-state index >= 15 is 0 Å². The van der Waals surface area contributed by atoms with E-state index in [1.807, 2.05) is 39.0 Å². The molecule has 0 saturated carbocycles. The van der Waals surface area contributed by atoms with Crippen molar-refractivity contribution in [1.29, 1.82) is 0 Å². The van der Waals surface area contributed by atoms with E-state index in [-0.39, 0.29) is 6.09 Å². The molecular weight excluding hydrogens is 456 g/mol. The molecule has 1 N–H and O–H groups in total. The molecule has 0 unspecified atom stereocenters. The van der Waals surface area contributed by atoms with Gasteiger partial charge in [-0.2, -0.15) is 0 Å². The summed E-state index contributed by atoms with van der Waals surface area (Å²) in [5.74, 6) is 0.936. The van der Waals surface area contributed by atoms with Gasteiger partial charge in [-0.1, -0.05) is 46.3 Å². The second-order valence-corrected chi connectivity index (χ2v) is 10.0. The van der Waals surface area contributed by atoms with Crippen molar-refractivity contribution < 1.29 is 14.3 Å². The number of amides is 1. The number of nitrogens with zero attached hydrogens (tertiary/aromatic N) is 1. The Morgan fingerprint density at radius 3 is 2.48 bits per heavy atom. The normalized spacial score (nSPS) is 15.1. The van der Waals surface area contributed by atoms with Crippen LogP contribution in [0.4, 0.5) is 4.79 Å². The van der Waals surface area contributed by atoms with E-state index in [4.69, 9.17) is 9.47 Å². The maximum absolute atomic E-state index is 12.3. The van der Waals surface area contributed by atoms with Gasteiger partial charge >= 0.3 is 6.09 Å². The summed E-state index contributed by atoms with van der Waals surface area (Å²) in [6, 6.07) is 14.8. The van der Waals surface area contributed by atoms with Crippen molar-refractivity contribution in [2.24, 2.45) is 0 Å². The van der Waals surface area contributed by atoms with Gasteiger partial charge in [0.05, 0.1) is 0 Å². The van der Waals surface area contributed by atoms with Crippen LogP contribution in [0.25, 0.3) is 0 Å². The fourth-order valence-corrected chi connectivity index (χ4v) is 4.33. The molecule has 0 aromatic heterocycles. The quantitative estimate of drug-likeness (QED) is 0.555. The first-order chi connectivity index (χ1) is 14.7. The Bertz CT molecular complexity index is 872. The Hall–Kier alpha value is -2.05. The molecule has 2 aromatic carbocycles. The number of hydrogen-bond donors (Lipinski definition) is 1. The van der Waals surface area contributed by atoms with Crippen molar-refractivity contribution in [3.8, 4) is 5.75 Å². The van der Waals surface area contributed by atoms with Crippen LogP contribution >= 0.6 is 15.9 Å². The second kappa shape index (κ2) is 10.5. The highest BCUT2D eigenvalue weighted by Gasteiger charge is 2.26. The summed E-state index contributed by atoms with van der Waals surface area (Å²) >= 11 is 3.62. The van der Waals surface area contributed by atoms with Crippen LogP contribution in [0, 0.1) is 6.92 Å². The molecule has 1 aliphatic rings. The van der Waals surface area contributed by atoms with Gasteiger partial charge in [0.1, 0.15) is 18.0 Å². The minimum absolute atomic E-state index is 0.217. The lowest BCUT2D eigenvalue weighted by molar-refractivity contribution is 0.0198. The van der Waals surface area contributed by atoms with Crippen LogP contribution in [0.1, 0.15) is 50.3 Å². The van der Waals surface area contributed by atoms with Crippen molar-refractivity contribution >= 4 is 22.0 Å². The zero-order chi connectivity index (χ0) is 22.4. The molecular formula is C25H33BrN2O3. The van der Waals surface area contributed by atoms with Crippen LogP contribution in [0.15, 0.2) is 46.9 Å².